The second kappa shape index (κ2) is 4.85. The van der Waals surface area contributed by atoms with Gasteiger partial charge in [0.1, 0.15) is 0 Å². The average molecular weight is 269 g/mol. The molecule has 5 heteroatoms. The number of hydrogen-bond acceptors (Lipinski definition) is 2. The molecule has 0 atom stereocenters. The number of rotatable bonds is 4. The van der Waals surface area contributed by atoms with Crippen LogP contribution in [0, 0.1) is 6.92 Å². The zero-order valence-corrected chi connectivity index (χ0v) is 11.2. The molecule has 0 aliphatic rings. The molecule has 1 aromatic carbocycles. The van der Waals surface area contributed by atoms with Crippen LogP contribution < -0.4 is 0 Å². The molecule has 0 spiro atoms. The normalized spacial score (nSPS) is 11.1. The summed E-state index contributed by atoms with van der Waals surface area (Å²) in [5.74, 6) is -0.887. The monoisotopic (exact) mass is 269 g/mol. The van der Waals surface area contributed by atoms with Gasteiger partial charge in [-0.15, -0.1) is 0 Å². The third-order valence-electron chi connectivity index (χ3n) is 3.49. The molecule has 2 heterocycles. The van der Waals surface area contributed by atoms with E-state index in [2.05, 4.69) is 4.98 Å². The molecule has 20 heavy (non-hydrogen) atoms. The SMILES string of the molecule is Cc1cccc2c(C(=O)O)cn(CCn3ccnc3)c12. The van der Waals surface area contributed by atoms with E-state index in [9.17, 15) is 9.90 Å². The molecular weight excluding hydrogens is 254 g/mol. The van der Waals surface area contributed by atoms with E-state index in [0.29, 0.717) is 12.1 Å². The second-order valence-electron chi connectivity index (χ2n) is 4.81. The largest absolute Gasteiger partial charge is 0.478 e. The van der Waals surface area contributed by atoms with E-state index in [-0.39, 0.29) is 0 Å². The highest BCUT2D eigenvalue weighted by atomic mass is 16.4. The van der Waals surface area contributed by atoms with Crippen molar-refractivity contribution < 1.29 is 9.90 Å². The van der Waals surface area contributed by atoms with E-state index >= 15 is 0 Å². The number of para-hydroxylation sites is 1. The lowest BCUT2D eigenvalue weighted by atomic mass is 10.1. The highest BCUT2D eigenvalue weighted by molar-refractivity contribution is 6.04. The molecule has 102 valence electrons. The van der Waals surface area contributed by atoms with E-state index in [1.807, 2.05) is 40.5 Å². The van der Waals surface area contributed by atoms with Crippen LogP contribution >= 0.6 is 0 Å². The van der Waals surface area contributed by atoms with E-state index in [4.69, 9.17) is 0 Å². The first-order valence-corrected chi connectivity index (χ1v) is 6.44. The van der Waals surface area contributed by atoms with Crippen LogP contribution in [0.2, 0.25) is 0 Å². The predicted molar refractivity (Wildman–Crippen MR) is 75.9 cm³/mol. The van der Waals surface area contributed by atoms with Crippen LogP contribution in [0.25, 0.3) is 10.9 Å². The summed E-state index contributed by atoms with van der Waals surface area (Å²) in [4.78, 5) is 15.4. The van der Waals surface area contributed by atoms with Crippen LogP contribution in [0.3, 0.4) is 0 Å². The summed E-state index contributed by atoms with van der Waals surface area (Å²) in [5.41, 5.74) is 2.43. The van der Waals surface area contributed by atoms with E-state index in [1.165, 1.54) is 0 Å². The lowest BCUT2D eigenvalue weighted by molar-refractivity contribution is 0.0699. The summed E-state index contributed by atoms with van der Waals surface area (Å²) >= 11 is 0. The zero-order valence-electron chi connectivity index (χ0n) is 11.2. The van der Waals surface area contributed by atoms with Gasteiger partial charge in [-0.3, -0.25) is 0 Å². The van der Waals surface area contributed by atoms with Crippen LogP contribution in [-0.2, 0) is 13.1 Å². The molecule has 5 nitrogen and oxygen atoms in total. The standard InChI is InChI=1S/C15H15N3O2/c1-11-3-2-4-12-13(15(19)20)9-18(14(11)12)8-7-17-6-5-16-10-17/h2-6,9-10H,7-8H2,1H3,(H,19,20). The number of fused-ring (bicyclic) bond motifs is 1. The molecule has 0 bridgehead atoms. The van der Waals surface area contributed by atoms with E-state index in [0.717, 1.165) is 23.0 Å². The topological polar surface area (TPSA) is 60.0 Å². The smallest absolute Gasteiger partial charge is 0.337 e. The van der Waals surface area contributed by atoms with Gasteiger partial charge < -0.3 is 14.2 Å². The molecule has 0 saturated carbocycles. The highest BCUT2D eigenvalue weighted by Gasteiger charge is 2.15. The van der Waals surface area contributed by atoms with Crippen molar-refractivity contribution in [3.8, 4) is 0 Å². The minimum absolute atomic E-state index is 0.356. The van der Waals surface area contributed by atoms with Crippen LogP contribution in [0.15, 0.2) is 43.1 Å². The van der Waals surface area contributed by atoms with Crippen molar-refractivity contribution in [1.82, 2.24) is 14.1 Å². The maximum atomic E-state index is 11.3. The average Bonchev–Trinajstić information content (AvgIpc) is 3.04. The van der Waals surface area contributed by atoms with Crippen molar-refractivity contribution in [1.29, 1.82) is 0 Å². The van der Waals surface area contributed by atoms with Crippen molar-refractivity contribution in [3.63, 3.8) is 0 Å². The molecule has 1 N–H and O–H groups in total. The van der Waals surface area contributed by atoms with Gasteiger partial charge in [-0.25, -0.2) is 9.78 Å². The van der Waals surface area contributed by atoms with Gasteiger partial charge in [0.15, 0.2) is 0 Å². The first kappa shape index (κ1) is 12.5. The highest BCUT2D eigenvalue weighted by Crippen LogP contribution is 2.24. The summed E-state index contributed by atoms with van der Waals surface area (Å²) in [6.45, 7) is 3.48. The molecule has 3 rings (SSSR count). The van der Waals surface area contributed by atoms with Gasteiger partial charge in [0.25, 0.3) is 0 Å². The summed E-state index contributed by atoms with van der Waals surface area (Å²) < 4.78 is 3.98. The molecule has 0 aliphatic heterocycles. The molecule has 0 fully saturated rings. The van der Waals surface area contributed by atoms with Crippen molar-refractivity contribution in [2.24, 2.45) is 0 Å². The Morgan fingerprint density at radius 2 is 2.20 bits per heavy atom. The van der Waals surface area contributed by atoms with E-state index in [1.54, 1.807) is 18.7 Å². The van der Waals surface area contributed by atoms with Crippen molar-refractivity contribution >= 4 is 16.9 Å². The van der Waals surface area contributed by atoms with Crippen LogP contribution in [0.1, 0.15) is 15.9 Å². The Morgan fingerprint density at radius 1 is 1.35 bits per heavy atom. The minimum atomic E-state index is -0.887. The molecule has 0 saturated heterocycles. The number of carboxylic acids is 1. The fourth-order valence-electron chi connectivity index (χ4n) is 2.54. The third kappa shape index (κ3) is 2.07. The number of aromatic nitrogens is 3. The van der Waals surface area contributed by atoms with Crippen LogP contribution in [0.5, 0.6) is 0 Å². The summed E-state index contributed by atoms with van der Waals surface area (Å²) in [6, 6.07) is 5.76. The molecule has 0 unspecified atom stereocenters. The molecule has 0 amide bonds. The lowest BCUT2D eigenvalue weighted by Crippen LogP contribution is -2.05. The predicted octanol–water partition coefficient (Wildman–Crippen LogP) is 2.54. The number of nitrogens with zero attached hydrogens (tertiary/aromatic N) is 3. The van der Waals surface area contributed by atoms with Gasteiger partial charge in [0.2, 0.25) is 0 Å². The Hall–Kier alpha value is -2.56. The number of benzene rings is 1. The lowest BCUT2D eigenvalue weighted by Gasteiger charge is -2.07. The number of imidazole rings is 1. The summed E-state index contributed by atoms with van der Waals surface area (Å²) in [5, 5.41) is 10.1. The van der Waals surface area contributed by atoms with Gasteiger partial charge in [-0.2, -0.15) is 0 Å². The van der Waals surface area contributed by atoms with Gasteiger partial charge in [-0.1, -0.05) is 18.2 Å². The number of aromatic carboxylic acids is 1. The van der Waals surface area contributed by atoms with Crippen LogP contribution in [0.4, 0.5) is 0 Å². The summed E-state index contributed by atoms with van der Waals surface area (Å²) in [6.07, 6.45) is 7.12. The minimum Gasteiger partial charge on any atom is -0.478 e. The number of aryl methyl sites for hydroxylation is 3. The van der Waals surface area contributed by atoms with Gasteiger partial charge >= 0.3 is 5.97 Å². The van der Waals surface area contributed by atoms with Gasteiger partial charge in [-0.05, 0) is 12.5 Å². The number of carboxylic acid groups (broad SMARTS) is 1. The maximum absolute atomic E-state index is 11.3. The fourth-order valence-corrected chi connectivity index (χ4v) is 2.54. The van der Waals surface area contributed by atoms with Crippen molar-refractivity contribution in [3.05, 3.63) is 54.2 Å². The Labute approximate surface area is 116 Å². The second-order valence-corrected chi connectivity index (χ2v) is 4.81. The van der Waals surface area contributed by atoms with Crippen LogP contribution in [-0.4, -0.2) is 25.2 Å². The Balaban J connectivity index is 2.03. The zero-order chi connectivity index (χ0) is 14.1. The Bertz CT molecular complexity index is 757. The Kier molecular flexibility index (Phi) is 3.02. The first-order valence-electron chi connectivity index (χ1n) is 6.44. The third-order valence-corrected chi connectivity index (χ3v) is 3.49. The van der Waals surface area contributed by atoms with Gasteiger partial charge in [0.05, 0.1) is 17.4 Å². The van der Waals surface area contributed by atoms with Crippen molar-refractivity contribution in [2.45, 2.75) is 20.0 Å². The van der Waals surface area contributed by atoms with E-state index < -0.39 is 5.97 Å². The Morgan fingerprint density at radius 3 is 2.90 bits per heavy atom. The number of carbonyl (C=O) groups is 1. The van der Waals surface area contributed by atoms with Crippen molar-refractivity contribution in [2.75, 3.05) is 0 Å². The molecule has 3 aromatic rings. The fraction of sp³-hybridized carbons (Fsp3) is 0.200. The summed E-state index contributed by atoms with van der Waals surface area (Å²) in [7, 11) is 0. The number of hydrogen-bond donors (Lipinski definition) is 1. The maximum Gasteiger partial charge on any atom is 0.337 e. The first-order chi connectivity index (χ1) is 9.66. The van der Waals surface area contributed by atoms with Gasteiger partial charge in [0, 0.05) is 37.1 Å². The molecular formula is C15H15N3O2. The molecule has 0 radical (unpaired) electrons. The molecule has 2 aromatic heterocycles. The quantitative estimate of drug-likeness (QED) is 0.791. The molecule has 0 aliphatic carbocycles.